The number of likely N-dealkylation sites (N-methyl/N-ethyl adjacent to an activating group) is 1. The molecule has 2 amide bonds. The van der Waals surface area contributed by atoms with Crippen LogP contribution in [0.15, 0.2) is 0 Å². The SMILES string of the molecule is CN1CCN(S(=O)(=O)NCCN(C(=O)[C@H](CC(=O)NC[C@@H]2CCCN(C(=N)N)C2)NS(=O)(=O)N2CCOCC2)C2CC2)CC1. The molecule has 0 aromatic carbocycles. The Bertz CT molecular complexity index is 1220. The van der Waals surface area contributed by atoms with Crippen molar-refractivity contribution in [3.05, 3.63) is 0 Å². The lowest BCUT2D eigenvalue weighted by atomic mass is 9.98. The second-order valence-corrected chi connectivity index (χ2v) is 15.4. The van der Waals surface area contributed by atoms with Crippen LogP contribution in [0.3, 0.4) is 0 Å². The van der Waals surface area contributed by atoms with Gasteiger partial charge in [-0.25, -0.2) is 4.72 Å². The van der Waals surface area contributed by atoms with Crippen LogP contribution >= 0.6 is 0 Å². The van der Waals surface area contributed by atoms with Crippen LogP contribution in [-0.4, -0.2) is 162 Å². The van der Waals surface area contributed by atoms with Crippen molar-refractivity contribution in [1.29, 1.82) is 5.41 Å². The summed E-state index contributed by atoms with van der Waals surface area (Å²) in [6.07, 6.45) is 2.67. The van der Waals surface area contributed by atoms with E-state index in [1.54, 1.807) is 4.90 Å². The lowest BCUT2D eigenvalue weighted by molar-refractivity contribution is -0.136. The summed E-state index contributed by atoms with van der Waals surface area (Å²) in [4.78, 5) is 32.2. The number of nitrogens with two attached hydrogens (primary N) is 1. The Balaban J connectivity index is 1.40. The predicted molar refractivity (Wildman–Crippen MR) is 163 cm³/mol. The highest BCUT2D eigenvalue weighted by Gasteiger charge is 2.39. The number of piperidine rings is 1. The molecule has 44 heavy (non-hydrogen) atoms. The highest BCUT2D eigenvalue weighted by atomic mass is 32.2. The fraction of sp³-hybridized carbons (Fsp3) is 0.880. The second-order valence-electron chi connectivity index (χ2n) is 11.9. The number of amides is 2. The van der Waals surface area contributed by atoms with Gasteiger partial charge in [-0.15, -0.1) is 0 Å². The molecule has 4 aliphatic rings. The number of rotatable bonds is 14. The van der Waals surface area contributed by atoms with E-state index in [2.05, 4.69) is 14.8 Å². The van der Waals surface area contributed by atoms with Crippen LogP contribution in [0.2, 0.25) is 0 Å². The number of morpholine rings is 1. The van der Waals surface area contributed by atoms with E-state index in [1.165, 1.54) is 13.5 Å². The van der Waals surface area contributed by atoms with E-state index in [4.69, 9.17) is 15.9 Å². The third-order valence-corrected chi connectivity index (χ3v) is 11.7. The van der Waals surface area contributed by atoms with E-state index in [0.717, 1.165) is 12.8 Å². The van der Waals surface area contributed by atoms with Crippen molar-refractivity contribution in [1.82, 2.24) is 38.1 Å². The van der Waals surface area contributed by atoms with E-state index < -0.39 is 44.7 Å². The normalized spacial score (nSPS) is 23.7. The Hall–Kier alpha value is -2.13. The molecule has 0 bridgehead atoms. The van der Waals surface area contributed by atoms with Gasteiger partial charge in [-0.3, -0.25) is 15.0 Å². The molecule has 252 valence electrons. The standard InChI is InChI=1S/C25H48N10O7S2/c1-31-9-11-33(12-10-31)43(38,39)29-6-8-35(21-4-5-21)24(37)22(30-44(40,41)34-13-15-42-16-14-34)17-23(36)28-18-20-3-2-7-32(19-20)25(26)27/h20-22,29-30H,2-19H2,1H3,(H3,26,27)(H,28,36)/t20-,22-/m0/s1. The Morgan fingerprint density at radius 2 is 1.64 bits per heavy atom. The number of ether oxygens (including phenoxy) is 1. The summed E-state index contributed by atoms with van der Waals surface area (Å²) in [6.45, 7) is 4.18. The maximum Gasteiger partial charge on any atom is 0.280 e. The minimum Gasteiger partial charge on any atom is -0.379 e. The third kappa shape index (κ3) is 9.93. The molecule has 4 rings (SSSR count). The number of hydrogen-bond acceptors (Lipinski definition) is 9. The molecular formula is C25H48N10O7S2. The van der Waals surface area contributed by atoms with Gasteiger partial charge in [-0.2, -0.15) is 30.2 Å². The Morgan fingerprint density at radius 1 is 0.977 bits per heavy atom. The number of piperazine rings is 1. The molecule has 0 radical (unpaired) electrons. The lowest BCUT2D eigenvalue weighted by Crippen LogP contribution is -2.57. The molecule has 3 aliphatic heterocycles. The number of guanidine groups is 1. The smallest absolute Gasteiger partial charge is 0.280 e. The molecule has 0 spiro atoms. The number of hydrogen-bond donors (Lipinski definition) is 5. The maximum absolute atomic E-state index is 13.9. The Labute approximate surface area is 260 Å². The zero-order chi connectivity index (χ0) is 31.9. The summed E-state index contributed by atoms with van der Waals surface area (Å²) in [7, 11) is -5.93. The molecule has 0 aromatic rings. The van der Waals surface area contributed by atoms with E-state index in [-0.39, 0.29) is 57.3 Å². The van der Waals surface area contributed by atoms with Gasteiger partial charge >= 0.3 is 0 Å². The molecule has 1 aliphatic carbocycles. The molecule has 4 fully saturated rings. The zero-order valence-corrected chi connectivity index (χ0v) is 27.1. The van der Waals surface area contributed by atoms with Gasteiger partial charge in [-0.1, -0.05) is 0 Å². The van der Waals surface area contributed by atoms with Gasteiger partial charge in [-0.05, 0) is 38.6 Å². The van der Waals surface area contributed by atoms with Gasteiger partial charge in [0.25, 0.3) is 20.4 Å². The summed E-state index contributed by atoms with van der Waals surface area (Å²) in [6, 6.07) is -1.54. The number of likely N-dealkylation sites (tertiary alicyclic amines) is 1. The third-order valence-electron chi connectivity index (χ3n) is 8.45. The van der Waals surface area contributed by atoms with Crippen molar-refractivity contribution >= 4 is 38.2 Å². The fourth-order valence-electron chi connectivity index (χ4n) is 5.66. The van der Waals surface area contributed by atoms with Crippen molar-refractivity contribution in [2.75, 3.05) is 92.3 Å². The fourth-order valence-corrected chi connectivity index (χ4v) is 8.16. The van der Waals surface area contributed by atoms with Gasteiger partial charge in [0.1, 0.15) is 6.04 Å². The molecule has 3 heterocycles. The monoisotopic (exact) mass is 664 g/mol. The van der Waals surface area contributed by atoms with Crippen LogP contribution in [0, 0.1) is 11.3 Å². The number of carbonyl (C=O) groups excluding carboxylic acids is 2. The first-order chi connectivity index (χ1) is 20.9. The summed E-state index contributed by atoms with van der Waals surface area (Å²) < 4.78 is 65.1. The molecule has 0 unspecified atom stereocenters. The molecular weight excluding hydrogens is 616 g/mol. The van der Waals surface area contributed by atoms with Crippen molar-refractivity contribution in [2.24, 2.45) is 11.7 Å². The van der Waals surface area contributed by atoms with Crippen molar-refractivity contribution in [2.45, 2.75) is 44.2 Å². The van der Waals surface area contributed by atoms with Crippen molar-refractivity contribution < 1.29 is 31.2 Å². The summed E-state index contributed by atoms with van der Waals surface area (Å²) in [5.74, 6) is -1.01. The minimum atomic E-state index is -4.12. The van der Waals surface area contributed by atoms with Gasteiger partial charge in [0, 0.05) is 78.0 Å². The molecule has 1 saturated carbocycles. The topological polar surface area (TPSA) is 214 Å². The van der Waals surface area contributed by atoms with Gasteiger partial charge in [0.2, 0.25) is 11.8 Å². The first-order valence-corrected chi connectivity index (χ1v) is 18.2. The van der Waals surface area contributed by atoms with Gasteiger partial charge in [0.15, 0.2) is 5.96 Å². The highest BCUT2D eigenvalue weighted by molar-refractivity contribution is 7.87. The quantitative estimate of drug-likeness (QED) is 0.0922. The van der Waals surface area contributed by atoms with Crippen LogP contribution < -0.4 is 20.5 Å². The number of nitrogens with zero attached hydrogens (tertiary/aromatic N) is 5. The van der Waals surface area contributed by atoms with Crippen LogP contribution in [0.25, 0.3) is 0 Å². The number of carbonyl (C=O) groups is 2. The van der Waals surface area contributed by atoms with Crippen molar-refractivity contribution in [3.8, 4) is 0 Å². The second kappa shape index (κ2) is 15.4. The zero-order valence-electron chi connectivity index (χ0n) is 25.4. The minimum absolute atomic E-state index is 0.0183. The average molecular weight is 665 g/mol. The van der Waals surface area contributed by atoms with Crippen LogP contribution in [0.5, 0.6) is 0 Å². The van der Waals surface area contributed by atoms with Gasteiger partial charge in [0.05, 0.1) is 19.6 Å². The molecule has 19 heteroatoms. The first kappa shape index (κ1) is 34.7. The van der Waals surface area contributed by atoms with Crippen LogP contribution in [-0.2, 0) is 34.7 Å². The van der Waals surface area contributed by atoms with E-state index in [9.17, 15) is 26.4 Å². The molecule has 3 saturated heterocycles. The molecule has 0 aromatic heterocycles. The lowest BCUT2D eigenvalue weighted by Gasteiger charge is -2.33. The van der Waals surface area contributed by atoms with Gasteiger partial charge < -0.3 is 30.5 Å². The molecule has 17 nitrogen and oxygen atoms in total. The van der Waals surface area contributed by atoms with E-state index in [1.807, 2.05) is 11.9 Å². The summed E-state index contributed by atoms with van der Waals surface area (Å²) in [5, 5.41) is 10.5. The van der Waals surface area contributed by atoms with Crippen LogP contribution in [0.1, 0.15) is 32.1 Å². The van der Waals surface area contributed by atoms with E-state index in [0.29, 0.717) is 58.7 Å². The summed E-state index contributed by atoms with van der Waals surface area (Å²) >= 11 is 0. The largest absolute Gasteiger partial charge is 0.379 e. The Morgan fingerprint density at radius 3 is 2.27 bits per heavy atom. The average Bonchev–Trinajstić information content (AvgIpc) is 3.84. The summed E-state index contributed by atoms with van der Waals surface area (Å²) in [5.41, 5.74) is 5.62. The number of nitrogens with one attached hydrogen (secondary N) is 4. The van der Waals surface area contributed by atoms with Crippen molar-refractivity contribution in [3.63, 3.8) is 0 Å². The molecule has 6 N–H and O–H groups in total. The molecule has 2 atom stereocenters. The van der Waals surface area contributed by atoms with E-state index >= 15 is 0 Å². The first-order valence-electron chi connectivity index (χ1n) is 15.3. The Kier molecular flexibility index (Phi) is 12.2. The maximum atomic E-state index is 13.9. The predicted octanol–water partition coefficient (Wildman–Crippen LogP) is -3.29. The van der Waals surface area contributed by atoms with Crippen LogP contribution in [0.4, 0.5) is 0 Å². The highest BCUT2D eigenvalue weighted by Crippen LogP contribution is 2.27.